The first-order valence-electron chi connectivity index (χ1n) is 7.86. The number of hydrogen-bond acceptors (Lipinski definition) is 3. The Morgan fingerprint density at radius 1 is 1.21 bits per heavy atom. The lowest BCUT2D eigenvalue weighted by atomic mass is 9.86. The van der Waals surface area contributed by atoms with Crippen molar-refractivity contribution >= 4 is 11.6 Å². The zero-order valence-electron chi connectivity index (χ0n) is 13.2. The molecule has 1 aliphatic heterocycles. The van der Waals surface area contributed by atoms with Gasteiger partial charge in [-0.1, -0.05) is 18.2 Å². The molecular formula is C19H17N3O2. The summed E-state index contributed by atoms with van der Waals surface area (Å²) < 4.78 is 1.87. The molecule has 4 rings (SSSR count). The van der Waals surface area contributed by atoms with Crippen LogP contribution in [0, 0.1) is 6.92 Å². The van der Waals surface area contributed by atoms with Crippen molar-refractivity contribution < 1.29 is 9.90 Å². The molecule has 1 unspecified atom stereocenters. The van der Waals surface area contributed by atoms with E-state index in [0.717, 1.165) is 22.5 Å². The fourth-order valence-corrected chi connectivity index (χ4v) is 3.24. The minimum absolute atomic E-state index is 0.0587. The molecule has 0 saturated carbocycles. The van der Waals surface area contributed by atoms with Crippen molar-refractivity contribution in [1.82, 2.24) is 9.78 Å². The number of carbonyl (C=O) groups excluding carboxylic acids is 1. The molecule has 120 valence electrons. The van der Waals surface area contributed by atoms with Gasteiger partial charge < -0.3 is 10.4 Å². The van der Waals surface area contributed by atoms with Gasteiger partial charge in [0.05, 0.1) is 11.4 Å². The molecule has 0 bridgehead atoms. The Bertz CT molecular complexity index is 916. The molecule has 2 aromatic carbocycles. The SMILES string of the molecule is Cc1cc2c(cc1O)NC(=O)CC2c1ccnn1-c1ccccc1. The topological polar surface area (TPSA) is 67.2 Å². The highest BCUT2D eigenvalue weighted by Crippen LogP contribution is 2.40. The van der Waals surface area contributed by atoms with Crippen LogP contribution >= 0.6 is 0 Å². The van der Waals surface area contributed by atoms with Crippen LogP contribution in [0.3, 0.4) is 0 Å². The highest BCUT2D eigenvalue weighted by atomic mass is 16.3. The summed E-state index contributed by atoms with van der Waals surface area (Å²) in [6, 6.07) is 15.4. The van der Waals surface area contributed by atoms with E-state index in [-0.39, 0.29) is 17.6 Å². The van der Waals surface area contributed by atoms with Gasteiger partial charge in [-0.25, -0.2) is 4.68 Å². The number of aryl methyl sites for hydroxylation is 1. The first-order valence-corrected chi connectivity index (χ1v) is 7.86. The van der Waals surface area contributed by atoms with Crippen LogP contribution in [0.1, 0.15) is 29.2 Å². The van der Waals surface area contributed by atoms with E-state index >= 15 is 0 Å². The van der Waals surface area contributed by atoms with Crippen LogP contribution in [0.4, 0.5) is 5.69 Å². The second kappa shape index (κ2) is 5.53. The normalized spacial score (nSPS) is 16.5. The van der Waals surface area contributed by atoms with Crippen molar-refractivity contribution in [3.05, 3.63) is 71.5 Å². The Morgan fingerprint density at radius 3 is 2.79 bits per heavy atom. The second-order valence-electron chi connectivity index (χ2n) is 6.03. The number of para-hydroxylation sites is 1. The van der Waals surface area contributed by atoms with E-state index in [1.54, 1.807) is 12.3 Å². The monoisotopic (exact) mass is 319 g/mol. The molecule has 2 heterocycles. The van der Waals surface area contributed by atoms with Crippen molar-refractivity contribution in [3.8, 4) is 11.4 Å². The molecule has 0 saturated heterocycles. The number of anilines is 1. The number of nitrogens with zero attached hydrogens (tertiary/aromatic N) is 2. The molecule has 0 radical (unpaired) electrons. The third kappa shape index (κ3) is 2.34. The quantitative estimate of drug-likeness (QED) is 0.761. The lowest BCUT2D eigenvalue weighted by Gasteiger charge is -2.27. The van der Waals surface area contributed by atoms with Gasteiger partial charge in [0.25, 0.3) is 0 Å². The number of rotatable bonds is 2. The molecule has 1 atom stereocenters. The van der Waals surface area contributed by atoms with Gasteiger partial charge in [0.1, 0.15) is 5.75 Å². The number of benzene rings is 2. The van der Waals surface area contributed by atoms with E-state index in [0.29, 0.717) is 12.1 Å². The minimum Gasteiger partial charge on any atom is -0.508 e. The first kappa shape index (κ1) is 14.5. The van der Waals surface area contributed by atoms with Gasteiger partial charge in [-0.05, 0) is 42.3 Å². The van der Waals surface area contributed by atoms with Crippen molar-refractivity contribution in [3.63, 3.8) is 0 Å². The summed E-state index contributed by atoms with van der Waals surface area (Å²) in [5, 5.41) is 17.2. The van der Waals surface area contributed by atoms with Gasteiger partial charge >= 0.3 is 0 Å². The molecule has 3 aromatic rings. The average Bonchev–Trinajstić information content (AvgIpc) is 3.06. The van der Waals surface area contributed by atoms with Crippen molar-refractivity contribution in [2.24, 2.45) is 0 Å². The maximum Gasteiger partial charge on any atom is 0.225 e. The molecule has 24 heavy (non-hydrogen) atoms. The third-order valence-corrected chi connectivity index (χ3v) is 4.44. The second-order valence-corrected chi connectivity index (χ2v) is 6.03. The summed E-state index contributed by atoms with van der Waals surface area (Å²) in [4.78, 5) is 12.2. The molecular weight excluding hydrogens is 302 g/mol. The molecule has 5 heteroatoms. The predicted molar refractivity (Wildman–Crippen MR) is 91.5 cm³/mol. The maximum absolute atomic E-state index is 12.2. The van der Waals surface area contributed by atoms with Gasteiger partial charge in [-0.2, -0.15) is 5.10 Å². The number of amides is 1. The molecule has 5 nitrogen and oxygen atoms in total. The summed E-state index contributed by atoms with van der Waals surface area (Å²) in [6.45, 7) is 1.86. The smallest absolute Gasteiger partial charge is 0.225 e. The molecule has 1 aliphatic rings. The van der Waals surface area contributed by atoms with Gasteiger partial charge in [-0.15, -0.1) is 0 Å². The summed E-state index contributed by atoms with van der Waals surface area (Å²) in [5.41, 5.74) is 4.38. The highest BCUT2D eigenvalue weighted by molar-refractivity contribution is 5.95. The number of nitrogens with one attached hydrogen (secondary N) is 1. The Hall–Kier alpha value is -3.08. The van der Waals surface area contributed by atoms with Crippen LogP contribution < -0.4 is 5.32 Å². The van der Waals surface area contributed by atoms with E-state index in [9.17, 15) is 9.90 Å². The van der Waals surface area contributed by atoms with Crippen molar-refractivity contribution in [2.45, 2.75) is 19.3 Å². The van der Waals surface area contributed by atoms with Crippen LogP contribution in [-0.2, 0) is 4.79 Å². The summed E-state index contributed by atoms with van der Waals surface area (Å²) in [6.07, 6.45) is 2.11. The van der Waals surface area contributed by atoms with Gasteiger partial charge in [0, 0.05) is 30.3 Å². The Labute approximate surface area is 139 Å². The molecule has 2 N–H and O–H groups in total. The summed E-state index contributed by atoms with van der Waals surface area (Å²) in [5.74, 6) is 0.0265. The predicted octanol–water partition coefficient (Wildman–Crippen LogP) is 3.36. The van der Waals surface area contributed by atoms with Crippen LogP contribution in [0.15, 0.2) is 54.7 Å². The van der Waals surface area contributed by atoms with Crippen molar-refractivity contribution in [2.75, 3.05) is 5.32 Å². The van der Waals surface area contributed by atoms with E-state index in [1.807, 2.05) is 54.1 Å². The van der Waals surface area contributed by atoms with E-state index in [4.69, 9.17) is 0 Å². The molecule has 0 aliphatic carbocycles. The first-order chi connectivity index (χ1) is 11.6. The van der Waals surface area contributed by atoms with Crippen LogP contribution in [0.5, 0.6) is 5.75 Å². The Kier molecular flexibility index (Phi) is 3.34. The molecule has 0 spiro atoms. The zero-order chi connectivity index (χ0) is 16.7. The van der Waals surface area contributed by atoms with Crippen LogP contribution in [0.25, 0.3) is 5.69 Å². The van der Waals surface area contributed by atoms with E-state index in [1.165, 1.54) is 0 Å². The number of hydrogen-bond donors (Lipinski definition) is 2. The highest BCUT2D eigenvalue weighted by Gasteiger charge is 2.29. The average molecular weight is 319 g/mol. The fourth-order valence-electron chi connectivity index (χ4n) is 3.24. The minimum atomic E-state index is -0.101. The number of phenols is 1. The summed E-state index contributed by atoms with van der Waals surface area (Å²) >= 11 is 0. The molecule has 1 aromatic heterocycles. The largest absolute Gasteiger partial charge is 0.508 e. The number of carbonyl (C=O) groups is 1. The van der Waals surface area contributed by atoms with E-state index < -0.39 is 0 Å². The third-order valence-electron chi connectivity index (χ3n) is 4.44. The number of fused-ring (bicyclic) bond motifs is 1. The lowest BCUT2D eigenvalue weighted by molar-refractivity contribution is -0.116. The van der Waals surface area contributed by atoms with Gasteiger partial charge in [0.15, 0.2) is 0 Å². The van der Waals surface area contributed by atoms with Gasteiger partial charge in [0.2, 0.25) is 5.91 Å². The van der Waals surface area contributed by atoms with Gasteiger partial charge in [-0.3, -0.25) is 4.79 Å². The van der Waals surface area contributed by atoms with Crippen LogP contribution in [-0.4, -0.2) is 20.8 Å². The zero-order valence-corrected chi connectivity index (χ0v) is 13.2. The van der Waals surface area contributed by atoms with Crippen LogP contribution in [0.2, 0.25) is 0 Å². The number of phenolic OH excluding ortho intramolecular Hbond substituents is 1. The Morgan fingerprint density at radius 2 is 2.00 bits per heavy atom. The molecule has 0 fully saturated rings. The summed E-state index contributed by atoms with van der Waals surface area (Å²) in [7, 11) is 0. The number of aromatic hydroxyl groups is 1. The Balaban J connectivity index is 1.86. The lowest BCUT2D eigenvalue weighted by Crippen LogP contribution is -2.25. The van der Waals surface area contributed by atoms with Crippen molar-refractivity contribution in [1.29, 1.82) is 0 Å². The standard InChI is InChI=1S/C19H17N3O2/c1-12-9-14-15(10-19(24)21-16(14)11-18(12)23)17-7-8-20-22(17)13-5-3-2-4-6-13/h2-9,11,15,23H,10H2,1H3,(H,21,24). The number of aromatic nitrogens is 2. The fraction of sp³-hybridized carbons (Fsp3) is 0.158. The molecule has 1 amide bonds. The maximum atomic E-state index is 12.2. The van der Waals surface area contributed by atoms with E-state index in [2.05, 4.69) is 10.4 Å².